The van der Waals surface area contributed by atoms with Crippen LogP contribution in [0.4, 0.5) is 18.9 Å². The largest absolute Gasteiger partial charge is 0.481 e. The number of alkyl halides is 3. The summed E-state index contributed by atoms with van der Waals surface area (Å²) in [6.07, 6.45) is 0.150. The summed E-state index contributed by atoms with van der Waals surface area (Å²) >= 11 is 0. The fourth-order valence-corrected chi connectivity index (χ4v) is 5.45. The summed E-state index contributed by atoms with van der Waals surface area (Å²) in [6, 6.07) is 8.39. The summed E-state index contributed by atoms with van der Waals surface area (Å²) in [6.45, 7) is 4.40. The van der Waals surface area contributed by atoms with E-state index >= 15 is 0 Å². The first kappa shape index (κ1) is 24.1. The SMILES string of the molecule is O=C(O)C(c1ccc(C(F)(F)F)cc1)C(CC(c1ccc2c(n1)CCCN2)N1CCC1)N1CCC1. The van der Waals surface area contributed by atoms with Crippen LogP contribution in [0, 0.1) is 0 Å². The van der Waals surface area contributed by atoms with Crippen LogP contribution in [0.3, 0.4) is 0 Å². The molecule has 5 rings (SSSR count). The summed E-state index contributed by atoms with van der Waals surface area (Å²) in [5.41, 5.74) is 2.71. The van der Waals surface area contributed by atoms with Gasteiger partial charge in [0.05, 0.1) is 34.6 Å². The van der Waals surface area contributed by atoms with Gasteiger partial charge in [-0.15, -0.1) is 0 Å². The molecule has 3 atom stereocenters. The Morgan fingerprint density at radius 3 is 2.26 bits per heavy atom. The number of likely N-dealkylation sites (tertiary alicyclic amines) is 2. The molecule has 0 saturated carbocycles. The predicted molar refractivity (Wildman–Crippen MR) is 126 cm³/mol. The lowest BCUT2D eigenvalue weighted by Crippen LogP contribution is -2.52. The zero-order chi connectivity index (χ0) is 24.6. The van der Waals surface area contributed by atoms with Crippen molar-refractivity contribution in [3.63, 3.8) is 0 Å². The third-order valence-corrected chi connectivity index (χ3v) is 7.65. The second kappa shape index (κ2) is 9.78. The minimum Gasteiger partial charge on any atom is -0.481 e. The van der Waals surface area contributed by atoms with E-state index in [1.54, 1.807) is 0 Å². The smallest absolute Gasteiger partial charge is 0.416 e. The second-order valence-electron chi connectivity index (χ2n) is 9.79. The number of aryl methyl sites for hydroxylation is 1. The van der Waals surface area contributed by atoms with Crippen molar-refractivity contribution < 1.29 is 23.1 Å². The van der Waals surface area contributed by atoms with Crippen molar-refractivity contribution in [3.05, 3.63) is 58.9 Å². The summed E-state index contributed by atoms with van der Waals surface area (Å²) in [7, 11) is 0. The molecule has 2 N–H and O–H groups in total. The van der Waals surface area contributed by atoms with Crippen molar-refractivity contribution in [1.82, 2.24) is 14.8 Å². The highest BCUT2D eigenvalue weighted by Crippen LogP contribution is 2.39. The van der Waals surface area contributed by atoms with Gasteiger partial charge in [0.15, 0.2) is 0 Å². The summed E-state index contributed by atoms with van der Waals surface area (Å²) < 4.78 is 39.3. The number of hydrogen-bond acceptors (Lipinski definition) is 5. The van der Waals surface area contributed by atoms with Crippen molar-refractivity contribution in [1.29, 1.82) is 0 Å². The number of pyridine rings is 1. The summed E-state index contributed by atoms with van der Waals surface area (Å²) in [5.74, 6) is -1.92. The van der Waals surface area contributed by atoms with Crippen LogP contribution in [0.5, 0.6) is 0 Å². The van der Waals surface area contributed by atoms with Crippen molar-refractivity contribution >= 4 is 11.7 Å². The molecule has 188 valence electrons. The van der Waals surface area contributed by atoms with Gasteiger partial charge < -0.3 is 10.4 Å². The van der Waals surface area contributed by atoms with Gasteiger partial charge in [0.25, 0.3) is 0 Å². The maximum absolute atomic E-state index is 13.1. The lowest BCUT2D eigenvalue weighted by Gasteiger charge is -2.46. The number of halogens is 3. The molecule has 0 aliphatic carbocycles. The van der Waals surface area contributed by atoms with Gasteiger partial charge in [-0.1, -0.05) is 12.1 Å². The number of carbonyl (C=O) groups is 1. The molecule has 0 amide bonds. The number of benzene rings is 1. The molecule has 0 spiro atoms. The minimum absolute atomic E-state index is 0.0297. The normalized spacial score (nSPS) is 21.1. The van der Waals surface area contributed by atoms with E-state index in [2.05, 4.69) is 21.2 Å². The highest BCUT2D eigenvalue weighted by molar-refractivity contribution is 5.77. The van der Waals surface area contributed by atoms with Crippen LogP contribution in [-0.2, 0) is 17.4 Å². The van der Waals surface area contributed by atoms with E-state index in [4.69, 9.17) is 4.98 Å². The molecule has 0 radical (unpaired) electrons. The first-order chi connectivity index (χ1) is 16.8. The molecule has 2 saturated heterocycles. The van der Waals surface area contributed by atoms with E-state index < -0.39 is 23.6 Å². The average Bonchev–Trinajstić information content (AvgIpc) is 2.75. The maximum Gasteiger partial charge on any atom is 0.416 e. The number of hydrogen-bond donors (Lipinski definition) is 2. The van der Waals surface area contributed by atoms with Crippen LogP contribution in [0.15, 0.2) is 36.4 Å². The third kappa shape index (κ3) is 5.02. The fraction of sp³-hybridized carbons (Fsp3) is 0.538. The zero-order valence-corrected chi connectivity index (χ0v) is 19.6. The molecule has 2 fully saturated rings. The van der Waals surface area contributed by atoms with Crippen LogP contribution in [-0.4, -0.2) is 64.6 Å². The molecule has 1 aromatic carbocycles. The first-order valence-corrected chi connectivity index (χ1v) is 12.4. The number of rotatable bonds is 8. The average molecular weight is 489 g/mol. The number of carboxylic acid groups (broad SMARTS) is 1. The summed E-state index contributed by atoms with van der Waals surface area (Å²) in [5, 5.41) is 13.7. The van der Waals surface area contributed by atoms with Crippen molar-refractivity contribution in [2.24, 2.45) is 0 Å². The first-order valence-electron chi connectivity index (χ1n) is 12.4. The molecule has 9 heteroatoms. The van der Waals surface area contributed by atoms with Gasteiger partial charge in [0.1, 0.15) is 0 Å². The Balaban J connectivity index is 1.47. The molecule has 0 bridgehead atoms. The zero-order valence-electron chi connectivity index (χ0n) is 19.6. The standard InChI is InChI=1S/C26H31F3N4O2/c27-26(28,29)18-7-5-17(6-8-18)24(25(34)35)23(33-14-3-15-33)16-22(32-12-2-13-32)21-10-9-19-20(31-21)4-1-11-30-19/h5-10,22-24,30H,1-4,11-16H2,(H,34,35). The Kier molecular flexibility index (Phi) is 6.72. The number of nitrogens with zero attached hydrogens (tertiary/aromatic N) is 3. The number of aromatic nitrogens is 1. The van der Waals surface area contributed by atoms with E-state index in [-0.39, 0.29) is 12.1 Å². The van der Waals surface area contributed by atoms with E-state index in [9.17, 15) is 23.1 Å². The molecule has 4 heterocycles. The van der Waals surface area contributed by atoms with Gasteiger partial charge in [-0.05, 0) is 75.0 Å². The number of nitrogens with one attached hydrogen (secondary N) is 1. The molecule has 6 nitrogen and oxygen atoms in total. The number of fused-ring (bicyclic) bond motifs is 1. The molecule has 2 aromatic rings. The Morgan fingerprint density at radius 1 is 1.00 bits per heavy atom. The topological polar surface area (TPSA) is 68.7 Å². The lowest BCUT2D eigenvalue weighted by atomic mass is 9.83. The van der Waals surface area contributed by atoms with Crippen molar-refractivity contribution in [2.45, 2.75) is 56.3 Å². The van der Waals surface area contributed by atoms with Gasteiger partial charge in [-0.25, -0.2) is 0 Å². The van der Waals surface area contributed by atoms with Gasteiger partial charge in [-0.3, -0.25) is 19.6 Å². The van der Waals surface area contributed by atoms with Crippen molar-refractivity contribution in [2.75, 3.05) is 38.0 Å². The highest BCUT2D eigenvalue weighted by atomic mass is 19.4. The fourth-order valence-electron chi connectivity index (χ4n) is 5.45. The maximum atomic E-state index is 13.1. The van der Waals surface area contributed by atoms with Crippen LogP contribution in [0.1, 0.15) is 60.2 Å². The number of carboxylic acids is 1. The molecule has 1 aromatic heterocycles. The van der Waals surface area contributed by atoms with Crippen LogP contribution in [0.25, 0.3) is 0 Å². The van der Waals surface area contributed by atoms with Crippen LogP contribution < -0.4 is 5.32 Å². The monoisotopic (exact) mass is 488 g/mol. The quantitative estimate of drug-likeness (QED) is 0.569. The lowest BCUT2D eigenvalue weighted by molar-refractivity contribution is -0.141. The van der Waals surface area contributed by atoms with Gasteiger partial charge >= 0.3 is 12.1 Å². The number of aliphatic carboxylic acids is 1. The Labute approximate surface area is 203 Å². The van der Waals surface area contributed by atoms with Crippen LogP contribution >= 0.6 is 0 Å². The van der Waals surface area contributed by atoms with E-state index in [0.717, 1.165) is 87.6 Å². The third-order valence-electron chi connectivity index (χ3n) is 7.65. The Hall–Kier alpha value is -2.65. The summed E-state index contributed by atoms with van der Waals surface area (Å²) in [4.78, 5) is 22.1. The van der Waals surface area contributed by atoms with Gasteiger partial charge in [0, 0.05) is 25.7 Å². The molecule has 3 unspecified atom stereocenters. The second-order valence-corrected chi connectivity index (χ2v) is 9.79. The minimum atomic E-state index is -4.45. The van der Waals surface area contributed by atoms with Crippen molar-refractivity contribution in [3.8, 4) is 0 Å². The molecule has 3 aliphatic heterocycles. The Bertz CT molecular complexity index is 1050. The molecule has 35 heavy (non-hydrogen) atoms. The van der Waals surface area contributed by atoms with Gasteiger partial charge in [0.2, 0.25) is 0 Å². The van der Waals surface area contributed by atoms with Crippen LogP contribution in [0.2, 0.25) is 0 Å². The van der Waals surface area contributed by atoms with E-state index in [0.29, 0.717) is 12.0 Å². The molecule has 3 aliphatic rings. The highest BCUT2D eigenvalue weighted by Gasteiger charge is 2.41. The van der Waals surface area contributed by atoms with E-state index in [1.807, 2.05) is 6.07 Å². The Morgan fingerprint density at radius 2 is 1.69 bits per heavy atom. The number of anilines is 1. The molecular formula is C26H31F3N4O2. The van der Waals surface area contributed by atoms with E-state index in [1.165, 1.54) is 12.1 Å². The van der Waals surface area contributed by atoms with Gasteiger partial charge in [-0.2, -0.15) is 13.2 Å². The predicted octanol–water partition coefficient (Wildman–Crippen LogP) is 4.54. The molecular weight excluding hydrogens is 457 g/mol.